The summed E-state index contributed by atoms with van der Waals surface area (Å²) >= 11 is 0. The van der Waals surface area contributed by atoms with Gasteiger partial charge in [0.15, 0.2) is 5.96 Å². The van der Waals surface area contributed by atoms with Gasteiger partial charge in [-0.05, 0) is 30.9 Å². The number of guanidine groups is 1. The van der Waals surface area contributed by atoms with Gasteiger partial charge in [0, 0.05) is 39.2 Å². The minimum atomic E-state index is 0.121. The van der Waals surface area contributed by atoms with Gasteiger partial charge in [0.05, 0.1) is 12.2 Å². The van der Waals surface area contributed by atoms with Crippen LogP contribution in [0.5, 0.6) is 0 Å². The highest BCUT2D eigenvalue weighted by Gasteiger charge is 2.23. The average Bonchev–Trinajstić information content (AvgIpc) is 3.19. The summed E-state index contributed by atoms with van der Waals surface area (Å²) in [4.78, 5) is 22.7. The number of carbonyl (C=O) groups is 1. The van der Waals surface area contributed by atoms with E-state index in [1.807, 2.05) is 30.3 Å². The molecule has 27 heavy (non-hydrogen) atoms. The molecule has 0 radical (unpaired) electrons. The van der Waals surface area contributed by atoms with Crippen molar-refractivity contribution in [3.05, 3.63) is 42.3 Å². The van der Waals surface area contributed by atoms with Gasteiger partial charge < -0.3 is 20.0 Å². The van der Waals surface area contributed by atoms with Gasteiger partial charge >= 0.3 is 0 Å². The largest absolute Gasteiger partial charge is 0.444 e. The maximum Gasteiger partial charge on any atom is 0.226 e. The van der Waals surface area contributed by atoms with E-state index in [9.17, 15) is 4.79 Å². The van der Waals surface area contributed by atoms with Gasteiger partial charge in [0.25, 0.3) is 0 Å². The molecule has 1 amide bonds. The summed E-state index contributed by atoms with van der Waals surface area (Å²) in [5, 5.41) is 6.07. The monoisotopic (exact) mass is 369 g/mol. The molecule has 144 valence electrons. The van der Waals surface area contributed by atoms with Crippen molar-refractivity contribution in [3.8, 4) is 11.5 Å². The molecule has 0 bridgehead atoms. The van der Waals surface area contributed by atoms with Gasteiger partial charge in [-0.25, -0.2) is 4.98 Å². The number of nitrogens with one attached hydrogen (secondary N) is 2. The van der Waals surface area contributed by atoms with E-state index in [0.717, 1.165) is 43.1 Å². The number of aromatic nitrogens is 1. The molecule has 7 nitrogen and oxygen atoms in total. The Morgan fingerprint density at radius 1 is 1.30 bits per heavy atom. The van der Waals surface area contributed by atoms with Crippen LogP contribution in [0.1, 0.15) is 25.0 Å². The Labute approximate surface area is 159 Å². The zero-order valence-electron chi connectivity index (χ0n) is 15.9. The molecular formula is C20H27N5O2. The van der Waals surface area contributed by atoms with Crippen LogP contribution in [0.2, 0.25) is 0 Å². The molecule has 1 aromatic heterocycles. The molecule has 0 unspecified atom stereocenters. The van der Waals surface area contributed by atoms with Crippen LogP contribution in [-0.4, -0.2) is 48.9 Å². The van der Waals surface area contributed by atoms with Crippen molar-refractivity contribution >= 4 is 11.9 Å². The molecule has 3 rings (SSSR count). The van der Waals surface area contributed by atoms with E-state index in [1.54, 1.807) is 20.4 Å². The number of amides is 1. The SMILES string of the molecule is CN=C(NCc1coc(-c2ccccc2)n1)N1CCC(CC(=O)NC)CC1. The van der Waals surface area contributed by atoms with Crippen molar-refractivity contribution < 1.29 is 9.21 Å². The van der Waals surface area contributed by atoms with Crippen molar-refractivity contribution in [3.63, 3.8) is 0 Å². The molecule has 1 saturated heterocycles. The second kappa shape index (κ2) is 9.21. The molecular weight excluding hydrogens is 342 g/mol. The molecule has 1 aliphatic rings. The lowest BCUT2D eigenvalue weighted by molar-refractivity contribution is -0.121. The van der Waals surface area contributed by atoms with Crippen molar-refractivity contribution in [2.75, 3.05) is 27.2 Å². The molecule has 1 aromatic carbocycles. The third kappa shape index (κ3) is 5.09. The Bertz CT molecular complexity index is 764. The Balaban J connectivity index is 1.50. The van der Waals surface area contributed by atoms with E-state index in [0.29, 0.717) is 24.8 Å². The summed E-state index contributed by atoms with van der Waals surface area (Å²) in [6.45, 7) is 2.35. The molecule has 2 aromatic rings. The van der Waals surface area contributed by atoms with Crippen LogP contribution in [0.25, 0.3) is 11.5 Å². The lowest BCUT2D eigenvalue weighted by atomic mass is 9.93. The fraction of sp³-hybridized carbons (Fsp3) is 0.450. The first-order valence-electron chi connectivity index (χ1n) is 9.35. The first-order valence-corrected chi connectivity index (χ1v) is 9.35. The Hall–Kier alpha value is -2.83. The number of aliphatic imine (C=N–C) groups is 1. The first-order chi connectivity index (χ1) is 13.2. The topological polar surface area (TPSA) is 82.8 Å². The molecule has 0 spiro atoms. The number of likely N-dealkylation sites (tertiary alicyclic amines) is 1. The molecule has 0 atom stereocenters. The number of rotatable bonds is 5. The van der Waals surface area contributed by atoms with Gasteiger partial charge in [-0.2, -0.15) is 0 Å². The molecule has 2 N–H and O–H groups in total. The smallest absolute Gasteiger partial charge is 0.226 e. The summed E-state index contributed by atoms with van der Waals surface area (Å²) in [5.41, 5.74) is 1.80. The lowest BCUT2D eigenvalue weighted by Gasteiger charge is -2.33. The fourth-order valence-electron chi connectivity index (χ4n) is 3.32. The van der Waals surface area contributed by atoms with Gasteiger partial charge in [0.2, 0.25) is 11.8 Å². The number of hydrogen-bond donors (Lipinski definition) is 2. The van der Waals surface area contributed by atoms with Crippen LogP contribution >= 0.6 is 0 Å². The Morgan fingerprint density at radius 3 is 2.70 bits per heavy atom. The van der Waals surface area contributed by atoms with Gasteiger partial charge in [-0.1, -0.05) is 18.2 Å². The van der Waals surface area contributed by atoms with Crippen LogP contribution in [-0.2, 0) is 11.3 Å². The zero-order chi connectivity index (χ0) is 19.1. The Morgan fingerprint density at radius 2 is 2.04 bits per heavy atom. The lowest BCUT2D eigenvalue weighted by Crippen LogP contribution is -2.45. The molecule has 2 heterocycles. The average molecular weight is 369 g/mol. The molecule has 1 aliphatic heterocycles. The van der Waals surface area contributed by atoms with Crippen molar-refractivity contribution in [2.45, 2.75) is 25.8 Å². The minimum Gasteiger partial charge on any atom is -0.444 e. The highest BCUT2D eigenvalue weighted by Crippen LogP contribution is 2.21. The first kappa shape index (κ1) is 18.9. The van der Waals surface area contributed by atoms with E-state index in [4.69, 9.17) is 4.42 Å². The zero-order valence-corrected chi connectivity index (χ0v) is 15.9. The van der Waals surface area contributed by atoms with E-state index < -0.39 is 0 Å². The van der Waals surface area contributed by atoms with Gasteiger partial charge in [-0.3, -0.25) is 9.79 Å². The number of carbonyl (C=O) groups excluding carboxylic acids is 1. The van der Waals surface area contributed by atoms with Crippen LogP contribution in [0.15, 0.2) is 46.0 Å². The number of piperidine rings is 1. The predicted octanol–water partition coefficient (Wildman–Crippen LogP) is 2.27. The molecule has 1 fully saturated rings. The fourth-order valence-corrected chi connectivity index (χ4v) is 3.32. The predicted molar refractivity (Wildman–Crippen MR) is 105 cm³/mol. The third-order valence-electron chi connectivity index (χ3n) is 4.88. The van der Waals surface area contributed by atoms with E-state index in [1.165, 1.54) is 0 Å². The maximum atomic E-state index is 11.5. The standard InChI is InChI=1S/C20H27N5O2/c1-21-18(26)12-15-8-10-25(11-9-15)20(22-2)23-13-17-14-27-19(24-17)16-6-4-3-5-7-16/h3-7,14-15H,8-13H2,1-2H3,(H,21,26)(H,22,23). The summed E-state index contributed by atoms with van der Waals surface area (Å²) in [7, 11) is 3.48. The van der Waals surface area contributed by atoms with Crippen LogP contribution in [0, 0.1) is 5.92 Å². The van der Waals surface area contributed by atoms with Crippen LogP contribution < -0.4 is 10.6 Å². The minimum absolute atomic E-state index is 0.121. The van der Waals surface area contributed by atoms with E-state index in [-0.39, 0.29) is 5.91 Å². The molecule has 0 saturated carbocycles. The highest BCUT2D eigenvalue weighted by molar-refractivity contribution is 5.80. The van der Waals surface area contributed by atoms with E-state index >= 15 is 0 Å². The summed E-state index contributed by atoms with van der Waals surface area (Å²) in [5.74, 6) is 2.05. The maximum absolute atomic E-state index is 11.5. The number of oxazole rings is 1. The molecule has 0 aliphatic carbocycles. The molecule has 7 heteroatoms. The third-order valence-corrected chi connectivity index (χ3v) is 4.88. The summed E-state index contributed by atoms with van der Waals surface area (Å²) in [6, 6.07) is 9.85. The summed E-state index contributed by atoms with van der Waals surface area (Å²) < 4.78 is 5.58. The van der Waals surface area contributed by atoms with Gasteiger partial charge in [0.1, 0.15) is 6.26 Å². The number of hydrogen-bond acceptors (Lipinski definition) is 4. The second-order valence-electron chi connectivity index (χ2n) is 6.72. The normalized spacial score (nSPS) is 15.6. The number of nitrogens with zero attached hydrogens (tertiary/aromatic N) is 3. The van der Waals surface area contributed by atoms with E-state index in [2.05, 4.69) is 25.5 Å². The number of benzene rings is 1. The van der Waals surface area contributed by atoms with Crippen LogP contribution in [0.4, 0.5) is 0 Å². The highest BCUT2D eigenvalue weighted by atomic mass is 16.3. The van der Waals surface area contributed by atoms with Gasteiger partial charge in [-0.15, -0.1) is 0 Å². The van der Waals surface area contributed by atoms with Crippen molar-refractivity contribution in [2.24, 2.45) is 10.9 Å². The van der Waals surface area contributed by atoms with Crippen molar-refractivity contribution in [1.29, 1.82) is 0 Å². The van der Waals surface area contributed by atoms with Crippen molar-refractivity contribution in [1.82, 2.24) is 20.5 Å². The Kier molecular flexibility index (Phi) is 6.46. The second-order valence-corrected chi connectivity index (χ2v) is 6.72. The quantitative estimate of drug-likeness (QED) is 0.624. The van der Waals surface area contributed by atoms with Crippen LogP contribution in [0.3, 0.4) is 0 Å². The summed E-state index contributed by atoms with van der Waals surface area (Å²) in [6.07, 6.45) is 4.28.